The number of ether oxygens (including phenoxy) is 2. The van der Waals surface area contributed by atoms with Crippen molar-refractivity contribution in [2.45, 2.75) is 13.1 Å². The molecule has 1 aliphatic heterocycles. The molecule has 0 atom stereocenters. The molecule has 5 rings (SSSR count). The lowest BCUT2D eigenvalue weighted by Gasteiger charge is -2.14. The van der Waals surface area contributed by atoms with Gasteiger partial charge >= 0.3 is 0 Å². The summed E-state index contributed by atoms with van der Waals surface area (Å²) in [7, 11) is 1.63. The largest absolute Gasteiger partial charge is 0.497 e. The Morgan fingerprint density at radius 1 is 0.943 bits per heavy atom. The molecule has 4 aromatic rings. The first kappa shape index (κ1) is 23.2. The molecule has 35 heavy (non-hydrogen) atoms. The second-order valence-corrected chi connectivity index (χ2v) is 9.75. The second-order valence-electron chi connectivity index (χ2n) is 8.07. The number of rotatable bonds is 8. The summed E-state index contributed by atoms with van der Waals surface area (Å²) in [4.78, 5) is 15.5. The summed E-state index contributed by atoms with van der Waals surface area (Å²) in [6.07, 6.45) is 4.03. The van der Waals surface area contributed by atoms with E-state index in [1.165, 1.54) is 11.8 Å². The van der Waals surface area contributed by atoms with Crippen LogP contribution in [0.15, 0.2) is 90.0 Å². The lowest BCUT2D eigenvalue weighted by molar-refractivity contribution is -0.122. The molecule has 0 aliphatic carbocycles. The van der Waals surface area contributed by atoms with Gasteiger partial charge in [0.05, 0.1) is 25.1 Å². The second kappa shape index (κ2) is 10.4. The number of carbonyl (C=O) groups is 1. The van der Waals surface area contributed by atoms with E-state index in [4.69, 9.17) is 21.7 Å². The Morgan fingerprint density at radius 3 is 2.46 bits per heavy atom. The maximum Gasteiger partial charge on any atom is 0.266 e. The lowest BCUT2D eigenvalue weighted by atomic mass is 10.1. The Kier molecular flexibility index (Phi) is 6.88. The van der Waals surface area contributed by atoms with Gasteiger partial charge in [0.25, 0.3) is 5.91 Å². The van der Waals surface area contributed by atoms with E-state index in [0.29, 0.717) is 28.9 Å². The van der Waals surface area contributed by atoms with Crippen molar-refractivity contribution < 1.29 is 14.3 Å². The smallest absolute Gasteiger partial charge is 0.266 e. The third kappa shape index (κ3) is 5.11. The Morgan fingerprint density at radius 2 is 1.69 bits per heavy atom. The Hall–Kier alpha value is -3.55. The van der Waals surface area contributed by atoms with Gasteiger partial charge in [0.15, 0.2) is 0 Å². The summed E-state index contributed by atoms with van der Waals surface area (Å²) in [6.45, 7) is 1.68. The maximum absolute atomic E-state index is 13.2. The first-order valence-electron chi connectivity index (χ1n) is 11.3. The summed E-state index contributed by atoms with van der Waals surface area (Å²) in [5, 5.41) is 1.09. The van der Waals surface area contributed by atoms with E-state index >= 15 is 0 Å². The fourth-order valence-electron chi connectivity index (χ4n) is 4.04. The zero-order valence-corrected chi connectivity index (χ0v) is 20.9. The van der Waals surface area contributed by atoms with E-state index in [0.717, 1.165) is 33.5 Å². The summed E-state index contributed by atoms with van der Waals surface area (Å²) in [5.41, 5.74) is 3.09. The number of aromatic nitrogens is 1. The van der Waals surface area contributed by atoms with Gasteiger partial charge < -0.3 is 14.0 Å². The van der Waals surface area contributed by atoms with Crippen molar-refractivity contribution in [1.29, 1.82) is 0 Å². The van der Waals surface area contributed by atoms with Crippen LogP contribution in [0.25, 0.3) is 17.0 Å². The lowest BCUT2D eigenvalue weighted by Crippen LogP contribution is -2.27. The summed E-state index contributed by atoms with van der Waals surface area (Å²) in [5.74, 6) is 1.56. The highest BCUT2D eigenvalue weighted by Gasteiger charge is 2.32. The molecule has 1 aliphatic rings. The molecule has 176 valence electrons. The molecule has 0 unspecified atom stereocenters. The van der Waals surface area contributed by atoms with E-state index in [2.05, 4.69) is 22.9 Å². The quantitative estimate of drug-likeness (QED) is 0.215. The Bertz CT molecular complexity index is 1400. The molecular formula is C28H24N2O3S2. The molecule has 0 radical (unpaired) electrons. The summed E-state index contributed by atoms with van der Waals surface area (Å²) in [6, 6.07) is 25.7. The van der Waals surface area contributed by atoms with Gasteiger partial charge in [-0.3, -0.25) is 9.69 Å². The van der Waals surface area contributed by atoms with Crippen LogP contribution in [0.5, 0.6) is 11.5 Å². The number of thioether (sulfide) groups is 1. The van der Waals surface area contributed by atoms with Gasteiger partial charge in [0.2, 0.25) is 0 Å². The van der Waals surface area contributed by atoms with Gasteiger partial charge in [-0.1, -0.05) is 72.5 Å². The van der Waals surface area contributed by atoms with Crippen molar-refractivity contribution in [3.05, 3.63) is 101 Å². The van der Waals surface area contributed by atoms with E-state index in [1.54, 1.807) is 12.0 Å². The molecule has 1 fully saturated rings. The van der Waals surface area contributed by atoms with Crippen molar-refractivity contribution in [2.24, 2.45) is 0 Å². The van der Waals surface area contributed by atoms with Crippen LogP contribution < -0.4 is 9.47 Å². The van der Waals surface area contributed by atoms with E-state index in [1.807, 2.05) is 72.8 Å². The molecule has 2 heterocycles. The van der Waals surface area contributed by atoms with Crippen LogP contribution in [0.3, 0.4) is 0 Å². The van der Waals surface area contributed by atoms with Crippen LogP contribution in [0, 0.1) is 0 Å². The highest BCUT2D eigenvalue weighted by molar-refractivity contribution is 8.26. The van der Waals surface area contributed by atoms with Crippen LogP contribution >= 0.6 is 24.0 Å². The third-order valence-corrected chi connectivity index (χ3v) is 7.20. The highest BCUT2D eigenvalue weighted by Crippen LogP contribution is 2.35. The van der Waals surface area contributed by atoms with Crippen LogP contribution in [0.2, 0.25) is 0 Å². The number of carbonyl (C=O) groups excluding carboxylic acids is 1. The molecule has 0 N–H and O–H groups in total. The minimum atomic E-state index is -0.0694. The van der Waals surface area contributed by atoms with Crippen molar-refractivity contribution in [3.63, 3.8) is 0 Å². The number of methoxy groups -OCH3 is 1. The number of fused-ring (bicyclic) bond motifs is 1. The molecule has 1 aromatic heterocycles. The molecule has 5 nitrogen and oxygen atoms in total. The Labute approximate surface area is 214 Å². The molecule has 1 saturated heterocycles. The van der Waals surface area contributed by atoms with Gasteiger partial charge in [0.1, 0.15) is 22.4 Å². The van der Waals surface area contributed by atoms with Gasteiger partial charge in [-0.25, -0.2) is 0 Å². The van der Waals surface area contributed by atoms with Crippen LogP contribution in [0.4, 0.5) is 0 Å². The summed E-state index contributed by atoms with van der Waals surface area (Å²) >= 11 is 6.89. The standard InChI is InChI=1S/C28H24N2O3S2/c1-32-22-13-11-20(12-14-22)18-30-27(31)26(35-28(30)34)17-21-19-29(25-10-6-5-9-24(21)25)15-16-33-23-7-3-2-4-8-23/h2-14,17,19H,15-16,18H2,1H3/b26-17-. The highest BCUT2D eigenvalue weighted by atomic mass is 32.2. The first-order valence-corrected chi connectivity index (χ1v) is 12.5. The average molecular weight is 501 g/mol. The number of nitrogens with zero attached hydrogens (tertiary/aromatic N) is 2. The molecule has 0 spiro atoms. The van der Waals surface area contributed by atoms with E-state index in [9.17, 15) is 4.79 Å². The van der Waals surface area contributed by atoms with Gasteiger partial charge in [-0.2, -0.15) is 0 Å². The first-order chi connectivity index (χ1) is 17.1. The van der Waals surface area contributed by atoms with Crippen molar-refractivity contribution >= 4 is 51.2 Å². The SMILES string of the molecule is COc1ccc(CN2C(=O)/C(=C/c3cn(CCOc4ccccc4)c4ccccc34)SC2=S)cc1. The van der Waals surface area contributed by atoms with Gasteiger partial charge in [0, 0.05) is 22.7 Å². The molecule has 0 bridgehead atoms. The van der Waals surface area contributed by atoms with Crippen LogP contribution in [0.1, 0.15) is 11.1 Å². The van der Waals surface area contributed by atoms with Crippen molar-refractivity contribution in [3.8, 4) is 11.5 Å². The third-order valence-electron chi connectivity index (χ3n) is 5.82. The fraction of sp³-hybridized carbons (Fsp3) is 0.143. The zero-order valence-electron chi connectivity index (χ0n) is 19.2. The Balaban J connectivity index is 1.35. The predicted molar refractivity (Wildman–Crippen MR) is 146 cm³/mol. The van der Waals surface area contributed by atoms with E-state index in [-0.39, 0.29) is 5.91 Å². The van der Waals surface area contributed by atoms with Crippen LogP contribution in [-0.4, -0.2) is 33.4 Å². The molecule has 1 amide bonds. The minimum absolute atomic E-state index is 0.0694. The summed E-state index contributed by atoms with van der Waals surface area (Å²) < 4.78 is 13.8. The predicted octanol–water partition coefficient (Wildman–Crippen LogP) is 6.13. The van der Waals surface area contributed by atoms with E-state index < -0.39 is 0 Å². The van der Waals surface area contributed by atoms with Crippen molar-refractivity contribution in [2.75, 3.05) is 13.7 Å². The van der Waals surface area contributed by atoms with Crippen LogP contribution in [-0.2, 0) is 17.9 Å². The number of benzene rings is 3. The fourth-order valence-corrected chi connectivity index (χ4v) is 5.29. The minimum Gasteiger partial charge on any atom is -0.497 e. The van der Waals surface area contributed by atoms with Gasteiger partial charge in [-0.15, -0.1) is 0 Å². The molecule has 3 aromatic carbocycles. The topological polar surface area (TPSA) is 43.7 Å². The maximum atomic E-state index is 13.2. The average Bonchev–Trinajstić information content (AvgIpc) is 3.37. The molecule has 7 heteroatoms. The number of para-hydroxylation sites is 2. The number of hydrogen-bond acceptors (Lipinski definition) is 5. The zero-order chi connectivity index (χ0) is 24.2. The van der Waals surface area contributed by atoms with Gasteiger partial charge in [-0.05, 0) is 42.0 Å². The number of thiocarbonyl (C=S) groups is 1. The van der Waals surface area contributed by atoms with Crippen molar-refractivity contribution in [1.82, 2.24) is 9.47 Å². The monoisotopic (exact) mass is 500 g/mol. The number of amides is 1. The molecular weight excluding hydrogens is 476 g/mol. The number of hydrogen-bond donors (Lipinski definition) is 0. The molecule has 0 saturated carbocycles. The normalized spacial score (nSPS) is 14.8.